The van der Waals surface area contributed by atoms with Crippen molar-refractivity contribution in [3.8, 4) is 0 Å². The van der Waals surface area contributed by atoms with Gasteiger partial charge in [0.25, 0.3) is 10.0 Å². The minimum Gasteiger partial charge on any atom is -0.392 e. The largest absolute Gasteiger partial charge is 0.392 e. The molecule has 1 aliphatic heterocycles. The Hall–Kier alpha value is -0.540. The third kappa shape index (κ3) is 3.56. The molecule has 2 rings (SSSR count). The van der Waals surface area contributed by atoms with Crippen LogP contribution < -0.4 is 5.73 Å². The predicted octanol–water partition coefficient (Wildman–Crippen LogP) is 0.903. The summed E-state index contributed by atoms with van der Waals surface area (Å²) in [4.78, 5) is 3.63. The SMILES string of the molecule is CCc1ccc(S(=O)(=O)N2CCN(CC(N)=S)CC2)s1. The monoisotopic (exact) mass is 333 g/mol. The van der Waals surface area contributed by atoms with Crippen LogP contribution in [-0.4, -0.2) is 55.3 Å². The maximum atomic E-state index is 12.5. The Kier molecular flexibility index (Phi) is 5.14. The lowest BCUT2D eigenvalue weighted by Gasteiger charge is -2.33. The molecule has 2 N–H and O–H groups in total. The Labute approximate surface area is 129 Å². The summed E-state index contributed by atoms with van der Waals surface area (Å²) in [5.74, 6) is 0. The fraction of sp³-hybridized carbons (Fsp3) is 0.583. The van der Waals surface area contributed by atoms with Gasteiger partial charge in [-0.15, -0.1) is 11.3 Å². The Balaban J connectivity index is 2.03. The van der Waals surface area contributed by atoms with Gasteiger partial charge in [0.15, 0.2) is 0 Å². The smallest absolute Gasteiger partial charge is 0.252 e. The molecule has 0 aromatic carbocycles. The van der Waals surface area contributed by atoms with Crippen LogP contribution >= 0.6 is 23.6 Å². The van der Waals surface area contributed by atoms with Gasteiger partial charge in [-0.3, -0.25) is 4.90 Å². The third-order valence-corrected chi connectivity index (χ3v) is 7.02. The lowest BCUT2D eigenvalue weighted by Crippen LogP contribution is -2.50. The predicted molar refractivity (Wildman–Crippen MR) is 85.7 cm³/mol. The molecular weight excluding hydrogens is 314 g/mol. The summed E-state index contributed by atoms with van der Waals surface area (Å²) in [5.41, 5.74) is 5.51. The van der Waals surface area contributed by atoms with E-state index in [2.05, 4.69) is 4.90 Å². The number of hydrogen-bond acceptors (Lipinski definition) is 5. The van der Waals surface area contributed by atoms with Crippen LogP contribution in [0.5, 0.6) is 0 Å². The van der Waals surface area contributed by atoms with E-state index in [9.17, 15) is 8.42 Å². The van der Waals surface area contributed by atoms with Crippen LogP contribution in [0.3, 0.4) is 0 Å². The normalized spacial score (nSPS) is 18.2. The molecule has 1 aliphatic rings. The minimum atomic E-state index is -3.34. The first-order chi connectivity index (χ1) is 9.43. The summed E-state index contributed by atoms with van der Waals surface area (Å²) in [6.07, 6.45) is 0.863. The zero-order valence-electron chi connectivity index (χ0n) is 11.4. The first-order valence-electron chi connectivity index (χ1n) is 6.53. The Morgan fingerprint density at radius 1 is 1.35 bits per heavy atom. The van der Waals surface area contributed by atoms with Crippen LogP contribution in [0.4, 0.5) is 0 Å². The number of aryl methyl sites for hydroxylation is 1. The van der Waals surface area contributed by atoms with Crippen LogP contribution in [0.1, 0.15) is 11.8 Å². The van der Waals surface area contributed by atoms with Crippen molar-refractivity contribution in [1.82, 2.24) is 9.21 Å². The Bertz CT molecular complexity index is 575. The number of piperazine rings is 1. The van der Waals surface area contributed by atoms with E-state index in [1.807, 2.05) is 13.0 Å². The van der Waals surface area contributed by atoms with Gasteiger partial charge in [0.2, 0.25) is 0 Å². The standard InChI is InChI=1S/C12H19N3O2S3/c1-2-10-3-4-12(19-10)20(16,17)15-7-5-14(6-8-15)9-11(13)18/h3-4H,2,5-9H2,1H3,(H2,13,18). The van der Waals surface area contributed by atoms with Gasteiger partial charge >= 0.3 is 0 Å². The minimum absolute atomic E-state index is 0.442. The van der Waals surface area contributed by atoms with Crippen LogP contribution in [0.2, 0.25) is 0 Å². The van der Waals surface area contributed by atoms with Gasteiger partial charge in [-0.2, -0.15) is 4.31 Å². The molecule has 0 bridgehead atoms. The van der Waals surface area contributed by atoms with E-state index in [4.69, 9.17) is 18.0 Å². The fourth-order valence-corrected chi connectivity index (χ4v) is 5.22. The second kappa shape index (κ2) is 6.48. The summed E-state index contributed by atoms with van der Waals surface area (Å²) >= 11 is 6.24. The third-order valence-electron chi connectivity index (χ3n) is 3.29. The van der Waals surface area contributed by atoms with E-state index in [1.54, 1.807) is 10.4 Å². The van der Waals surface area contributed by atoms with Gasteiger partial charge < -0.3 is 5.73 Å². The van der Waals surface area contributed by atoms with Gasteiger partial charge in [-0.25, -0.2) is 8.42 Å². The maximum Gasteiger partial charge on any atom is 0.252 e. The molecule has 0 unspecified atom stereocenters. The van der Waals surface area contributed by atoms with E-state index in [0.29, 0.717) is 41.9 Å². The molecule has 1 aromatic rings. The number of thiocarbonyl (C=S) groups is 1. The highest BCUT2D eigenvalue weighted by Gasteiger charge is 2.29. The molecule has 1 aromatic heterocycles. The summed E-state index contributed by atoms with van der Waals surface area (Å²) < 4.78 is 27.0. The average Bonchev–Trinajstić information content (AvgIpc) is 2.88. The maximum absolute atomic E-state index is 12.5. The van der Waals surface area contributed by atoms with E-state index >= 15 is 0 Å². The molecule has 112 valence electrons. The number of thiophene rings is 1. The molecular formula is C12H19N3O2S3. The molecule has 0 amide bonds. The molecule has 0 atom stereocenters. The van der Waals surface area contributed by atoms with E-state index < -0.39 is 10.0 Å². The second-order valence-corrected chi connectivity index (χ2v) is 8.58. The zero-order chi connectivity index (χ0) is 14.8. The average molecular weight is 334 g/mol. The first kappa shape index (κ1) is 15.8. The molecule has 8 heteroatoms. The quantitative estimate of drug-likeness (QED) is 0.811. The van der Waals surface area contributed by atoms with Gasteiger partial charge in [-0.05, 0) is 18.6 Å². The molecule has 1 saturated heterocycles. The second-order valence-electron chi connectivity index (χ2n) is 4.72. The topological polar surface area (TPSA) is 66.6 Å². The van der Waals surface area contributed by atoms with Crippen molar-refractivity contribution < 1.29 is 8.42 Å². The van der Waals surface area contributed by atoms with E-state index in [0.717, 1.165) is 11.3 Å². The van der Waals surface area contributed by atoms with Crippen LogP contribution in [0.15, 0.2) is 16.3 Å². The highest BCUT2D eigenvalue weighted by Crippen LogP contribution is 2.25. The molecule has 20 heavy (non-hydrogen) atoms. The number of nitrogens with zero attached hydrogens (tertiary/aromatic N) is 2. The van der Waals surface area contributed by atoms with Crippen molar-refractivity contribution in [2.24, 2.45) is 5.73 Å². The first-order valence-corrected chi connectivity index (χ1v) is 9.19. The molecule has 0 spiro atoms. The van der Waals surface area contributed by atoms with Crippen molar-refractivity contribution >= 4 is 38.6 Å². The van der Waals surface area contributed by atoms with Crippen LogP contribution in [0.25, 0.3) is 0 Å². The van der Waals surface area contributed by atoms with Crippen LogP contribution in [-0.2, 0) is 16.4 Å². The molecule has 5 nitrogen and oxygen atoms in total. The van der Waals surface area contributed by atoms with E-state index in [1.165, 1.54) is 11.3 Å². The fourth-order valence-electron chi connectivity index (χ4n) is 2.16. The van der Waals surface area contributed by atoms with Gasteiger partial charge in [0.05, 0.1) is 4.99 Å². The van der Waals surface area contributed by atoms with Gasteiger partial charge in [0.1, 0.15) is 4.21 Å². The van der Waals surface area contributed by atoms with Crippen molar-refractivity contribution in [2.45, 2.75) is 17.6 Å². The lowest BCUT2D eigenvalue weighted by molar-refractivity contribution is 0.210. The summed E-state index contributed by atoms with van der Waals surface area (Å²) in [6.45, 7) is 4.90. The van der Waals surface area contributed by atoms with Crippen molar-refractivity contribution in [1.29, 1.82) is 0 Å². The highest BCUT2D eigenvalue weighted by molar-refractivity contribution is 7.91. The number of rotatable bonds is 5. The van der Waals surface area contributed by atoms with Crippen molar-refractivity contribution in [3.63, 3.8) is 0 Å². The lowest BCUT2D eigenvalue weighted by atomic mass is 10.3. The van der Waals surface area contributed by atoms with Crippen molar-refractivity contribution in [3.05, 3.63) is 17.0 Å². The van der Waals surface area contributed by atoms with Crippen LogP contribution in [0, 0.1) is 0 Å². The molecule has 0 radical (unpaired) electrons. The van der Waals surface area contributed by atoms with E-state index in [-0.39, 0.29) is 0 Å². The Morgan fingerprint density at radius 2 is 2.00 bits per heavy atom. The molecule has 1 fully saturated rings. The summed E-state index contributed by atoms with van der Waals surface area (Å²) in [5, 5.41) is 0. The number of sulfonamides is 1. The molecule has 0 saturated carbocycles. The number of hydrogen-bond donors (Lipinski definition) is 1. The highest BCUT2D eigenvalue weighted by atomic mass is 32.2. The van der Waals surface area contributed by atoms with Gasteiger partial charge in [0, 0.05) is 37.6 Å². The zero-order valence-corrected chi connectivity index (χ0v) is 13.9. The van der Waals surface area contributed by atoms with Crippen molar-refractivity contribution in [2.75, 3.05) is 32.7 Å². The summed E-state index contributed by atoms with van der Waals surface area (Å²) in [7, 11) is -3.34. The summed E-state index contributed by atoms with van der Waals surface area (Å²) in [6, 6.07) is 3.60. The molecule has 2 heterocycles. The number of nitrogens with two attached hydrogens (primary N) is 1. The molecule has 0 aliphatic carbocycles. The van der Waals surface area contributed by atoms with Gasteiger partial charge in [-0.1, -0.05) is 19.1 Å². The Morgan fingerprint density at radius 3 is 2.50 bits per heavy atom.